The summed E-state index contributed by atoms with van der Waals surface area (Å²) >= 11 is 0. The topological polar surface area (TPSA) is 47.9 Å². The Morgan fingerprint density at radius 2 is 1.90 bits per heavy atom. The number of hydrazone groups is 1. The van der Waals surface area contributed by atoms with Crippen molar-refractivity contribution in [3.8, 4) is 0 Å². The molecule has 2 heterocycles. The summed E-state index contributed by atoms with van der Waals surface area (Å²) in [6, 6.07) is 10.0. The molecule has 1 aromatic rings. The molecule has 3 rings (SSSR count). The second-order valence-electron chi connectivity index (χ2n) is 5.52. The van der Waals surface area contributed by atoms with Gasteiger partial charge in [0.25, 0.3) is 0 Å². The molecule has 0 aromatic heterocycles. The van der Waals surface area contributed by atoms with E-state index in [-0.39, 0.29) is 12.2 Å². The molecule has 0 spiro atoms. The summed E-state index contributed by atoms with van der Waals surface area (Å²) < 4.78 is 0. The molecule has 1 fully saturated rings. The highest BCUT2D eigenvalue weighted by Crippen LogP contribution is 2.18. The van der Waals surface area contributed by atoms with Crippen LogP contribution in [0.25, 0.3) is 0 Å². The van der Waals surface area contributed by atoms with E-state index in [0.717, 1.165) is 24.4 Å². The van der Waals surface area contributed by atoms with Gasteiger partial charge < -0.3 is 5.32 Å². The molecule has 1 saturated heterocycles. The van der Waals surface area contributed by atoms with Crippen molar-refractivity contribution in [2.75, 3.05) is 19.6 Å². The number of likely N-dealkylation sites (tertiary alicyclic amines) is 1. The number of nitrogens with one attached hydrogen (secondary N) is 1. The number of urea groups is 1. The van der Waals surface area contributed by atoms with Crippen molar-refractivity contribution in [2.45, 2.75) is 32.4 Å². The van der Waals surface area contributed by atoms with Crippen LogP contribution in [0.3, 0.4) is 0 Å². The van der Waals surface area contributed by atoms with E-state index in [4.69, 9.17) is 0 Å². The van der Waals surface area contributed by atoms with Crippen LogP contribution in [0.15, 0.2) is 35.4 Å². The molecule has 5 heteroatoms. The fourth-order valence-corrected chi connectivity index (χ4v) is 2.97. The van der Waals surface area contributed by atoms with Crippen LogP contribution in [0.2, 0.25) is 0 Å². The second kappa shape index (κ2) is 6.26. The molecule has 1 atom stereocenters. The molecule has 112 valence electrons. The molecule has 0 aliphatic carbocycles. The minimum atomic E-state index is -0.108. The van der Waals surface area contributed by atoms with Crippen molar-refractivity contribution in [3.05, 3.63) is 35.9 Å². The third-order valence-corrected chi connectivity index (χ3v) is 4.11. The molecule has 1 aromatic carbocycles. The molecular weight excluding hydrogens is 264 g/mol. The van der Waals surface area contributed by atoms with Gasteiger partial charge in [0, 0.05) is 25.2 Å². The van der Waals surface area contributed by atoms with Crippen molar-refractivity contribution < 1.29 is 4.79 Å². The zero-order valence-electron chi connectivity index (χ0n) is 12.5. The predicted molar refractivity (Wildman–Crippen MR) is 83.1 cm³/mol. The van der Waals surface area contributed by atoms with E-state index >= 15 is 0 Å². The summed E-state index contributed by atoms with van der Waals surface area (Å²) in [5, 5.41) is 9.23. The molecule has 0 bridgehead atoms. The molecule has 2 amide bonds. The summed E-state index contributed by atoms with van der Waals surface area (Å²) in [6.07, 6.45) is 3.54. The van der Waals surface area contributed by atoms with Crippen LogP contribution >= 0.6 is 0 Å². The van der Waals surface area contributed by atoms with Crippen LogP contribution in [0.5, 0.6) is 0 Å². The van der Waals surface area contributed by atoms with Gasteiger partial charge in [-0.1, -0.05) is 36.8 Å². The van der Waals surface area contributed by atoms with Gasteiger partial charge in [-0.15, -0.1) is 0 Å². The first kappa shape index (κ1) is 14.1. The summed E-state index contributed by atoms with van der Waals surface area (Å²) in [5.41, 5.74) is 2.02. The van der Waals surface area contributed by atoms with Crippen molar-refractivity contribution in [3.63, 3.8) is 0 Å². The SMILES string of the molecule is CCN1N=C(c2ccccc2)[C@@H](N2CCCCC2)NC1=O. The second-order valence-corrected chi connectivity index (χ2v) is 5.52. The number of piperidine rings is 1. The summed E-state index contributed by atoms with van der Waals surface area (Å²) in [6.45, 7) is 4.55. The minimum absolute atomic E-state index is 0.104. The Labute approximate surface area is 125 Å². The lowest BCUT2D eigenvalue weighted by molar-refractivity contribution is 0.148. The Hall–Kier alpha value is -1.88. The van der Waals surface area contributed by atoms with Crippen LogP contribution in [0, 0.1) is 0 Å². The van der Waals surface area contributed by atoms with E-state index in [1.807, 2.05) is 25.1 Å². The zero-order chi connectivity index (χ0) is 14.7. The van der Waals surface area contributed by atoms with E-state index in [9.17, 15) is 4.79 Å². The summed E-state index contributed by atoms with van der Waals surface area (Å²) in [7, 11) is 0. The number of nitrogens with zero attached hydrogens (tertiary/aromatic N) is 3. The number of carbonyl (C=O) groups is 1. The van der Waals surface area contributed by atoms with Gasteiger partial charge in [-0.3, -0.25) is 4.90 Å². The first-order valence-electron chi connectivity index (χ1n) is 7.75. The molecule has 0 saturated carbocycles. The fourth-order valence-electron chi connectivity index (χ4n) is 2.97. The lowest BCUT2D eigenvalue weighted by atomic mass is 10.0. The van der Waals surface area contributed by atoms with Crippen molar-refractivity contribution in [1.29, 1.82) is 0 Å². The Kier molecular flexibility index (Phi) is 4.20. The Morgan fingerprint density at radius 1 is 1.19 bits per heavy atom. The number of carbonyl (C=O) groups excluding carboxylic acids is 1. The van der Waals surface area contributed by atoms with Crippen LogP contribution in [-0.4, -0.2) is 47.5 Å². The zero-order valence-corrected chi connectivity index (χ0v) is 12.5. The van der Waals surface area contributed by atoms with E-state index < -0.39 is 0 Å². The highest BCUT2D eigenvalue weighted by Gasteiger charge is 2.33. The lowest BCUT2D eigenvalue weighted by Crippen LogP contribution is -2.60. The van der Waals surface area contributed by atoms with Gasteiger partial charge in [-0.25, -0.2) is 9.80 Å². The summed E-state index contributed by atoms with van der Waals surface area (Å²) in [5.74, 6) is 0. The average Bonchev–Trinajstić information content (AvgIpc) is 2.56. The van der Waals surface area contributed by atoms with E-state index in [0.29, 0.717) is 6.54 Å². The number of amides is 2. The fraction of sp³-hybridized carbons (Fsp3) is 0.500. The predicted octanol–water partition coefficient (Wildman–Crippen LogP) is 2.25. The molecule has 21 heavy (non-hydrogen) atoms. The number of hydrogen-bond donors (Lipinski definition) is 1. The van der Waals surface area contributed by atoms with Crippen LogP contribution < -0.4 is 5.32 Å². The first-order valence-corrected chi connectivity index (χ1v) is 7.75. The quantitative estimate of drug-likeness (QED) is 0.926. The van der Waals surface area contributed by atoms with Gasteiger partial charge in [0.15, 0.2) is 0 Å². The molecule has 1 N–H and O–H groups in total. The maximum absolute atomic E-state index is 12.1. The van der Waals surface area contributed by atoms with Gasteiger partial charge in [0.05, 0.1) is 0 Å². The van der Waals surface area contributed by atoms with E-state index in [1.54, 1.807) is 0 Å². The number of hydrogen-bond acceptors (Lipinski definition) is 3. The lowest BCUT2D eigenvalue weighted by Gasteiger charge is -2.39. The summed E-state index contributed by atoms with van der Waals surface area (Å²) in [4.78, 5) is 14.5. The van der Waals surface area contributed by atoms with Gasteiger partial charge in [-0.2, -0.15) is 5.10 Å². The van der Waals surface area contributed by atoms with Gasteiger partial charge in [0.1, 0.15) is 11.9 Å². The molecule has 2 aliphatic heterocycles. The molecule has 0 radical (unpaired) electrons. The van der Waals surface area contributed by atoms with Crippen LogP contribution in [0.4, 0.5) is 4.79 Å². The maximum atomic E-state index is 12.1. The maximum Gasteiger partial charge on any atom is 0.339 e. The van der Waals surface area contributed by atoms with E-state index in [1.165, 1.54) is 24.3 Å². The van der Waals surface area contributed by atoms with Crippen LogP contribution in [0.1, 0.15) is 31.7 Å². The molecule has 0 unspecified atom stereocenters. The first-order chi connectivity index (χ1) is 10.3. The Bertz CT molecular complexity index is 522. The van der Waals surface area contributed by atoms with Gasteiger partial charge in [0.2, 0.25) is 0 Å². The minimum Gasteiger partial charge on any atom is -0.315 e. The van der Waals surface area contributed by atoms with Gasteiger partial charge in [-0.05, 0) is 19.8 Å². The van der Waals surface area contributed by atoms with E-state index in [2.05, 4.69) is 27.5 Å². The van der Waals surface area contributed by atoms with Crippen molar-refractivity contribution in [2.24, 2.45) is 5.10 Å². The molecule has 5 nitrogen and oxygen atoms in total. The van der Waals surface area contributed by atoms with Gasteiger partial charge >= 0.3 is 6.03 Å². The highest BCUT2D eigenvalue weighted by atomic mass is 16.2. The third kappa shape index (κ3) is 2.93. The molecular formula is C16H22N4O. The smallest absolute Gasteiger partial charge is 0.315 e. The monoisotopic (exact) mass is 286 g/mol. The normalized spacial score (nSPS) is 23.7. The largest absolute Gasteiger partial charge is 0.339 e. The Morgan fingerprint density at radius 3 is 2.57 bits per heavy atom. The van der Waals surface area contributed by atoms with Crippen LogP contribution in [-0.2, 0) is 0 Å². The average molecular weight is 286 g/mol. The standard InChI is InChI=1S/C16H22N4O/c1-2-20-16(21)17-15(19-11-7-4-8-12-19)14(18-20)13-9-5-3-6-10-13/h3,5-6,9-10,15H,2,4,7-8,11-12H2,1H3,(H,17,21)/t15-/m1/s1. The number of rotatable bonds is 3. The molecule has 2 aliphatic rings. The number of benzene rings is 1. The van der Waals surface area contributed by atoms with Crippen molar-refractivity contribution in [1.82, 2.24) is 15.2 Å². The third-order valence-electron chi connectivity index (χ3n) is 4.11. The highest BCUT2D eigenvalue weighted by molar-refractivity contribution is 6.07. The Balaban J connectivity index is 1.94. The van der Waals surface area contributed by atoms with Crippen molar-refractivity contribution >= 4 is 11.7 Å².